The van der Waals surface area contributed by atoms with Crippen LogP contribution in [0.5, 0.6) is 0 Å². The minimum Gasteiger partial charge on any atom is -0.342 e. The Hall–Kier alpha value is -1.87. The maximum absolute atomic E-state index is 12.8. The van der Waals surface area contributed by atoms with Crippen molar-refractivity contribution in [1.82, 2.24) is 4.90 Å². The van der Waals surface area contributed by atoms with Crippen molar-refractivity contribution in [3.05, 3.63) is 48.0 Å². The molecular weight excluding hydrogens is 296 g/mol. The average Bonchev–Trinajstić information content (AvgIpc) is 3.41. The monoisotopic (exact) mass is 322 g/mol. The van der Waals surface area contributed by atoms with Crippen molar-refractivity contribution in [2.24, 2.45) is 17.6 Å². The molecule has 1 aliphatic carbocycles. The number of carbonyl (C=O) groups is 1. The highest BCUT2D eigenvalue weighted by atomic mass is 16.2. The van der Waals surface area contributed by atoms with Crippen molar-refractivity contribution in [2.75, 3.05) is 13.1 Å². The Bertz CT molecular complexity index is 746. The third kappa shape index (κ3) is 2.93. The fraction of sp³-hybridized carbons (Fsp3) is 0.476. The Kier molecular flexibility index (Phi) is 4.05. The van der Waals surface area contributed by atoms with E-state index < -0.39 is 0 Å². The van der Waals surface area contributed by atoms with Crippen LogP contribution >= 0.6 is 0 Å². The smallest absolute Gasteiger partial charge is 0.226 e. The van der Waals surface area contributed by atoms with Gasteiger partial charge in [0.05, 0.1) is 0 Å². The van der Waals surface area contributed by atoms with Crippen molar-refractivity contribution in [3.63, 3.8) is 0 Å². The number of nitrogens with two attached hydrogens (primary N) is 1. The summed E-state index contributed by atoms with van der Waals surface area (Å²) in [6.07, 6.45) is 3.11. The van der Waals surface area contributed by atoms with E-state index in [4.69, 9.17) is 5.73 Å². The molecule has 2 fully saturated rings. The second-order valence-electron chi connectivity index (χ2n) is 7.58. The quantitative estimate of drug-likeness (QED) is 0.939. The molecule has 1 amide bonds. The van der Waals surface area contributed by atoms with Gasteiger partial charge in [0.25, 0.3) is 0 Å². The van der Waals surface area contributed by atoms with Crippen LogP contribution in [0.25, 0.3) is 10.8 Å². The van der Waals surface area contributed by atoms with Gasteiger partial charge in [-0.15, -0.1) is 0 Å². The summed E-state index contributed by atoms with van der Waals surface area (Å²) < 4.78 is 0. The van der Waals surface area contributed by atoms with Crippen molar-refractivity contribution < 1.29 is 4.79 Å². The predicted molar refractivity (Wildman–Crippen MR) is 97.7 cm³/mol. The lowest BCUT2D eigenvalue weighted by atomic mass is 9.90. The first kappa shape index (κ1) is 15.6. The molecule has 0 radical (unpaired) electrons. The van der Waals surface area contributed by atoms with Crippen molar-refractivity contribution in [3.8, 4) is 0 Å². The SMILES string of the molecule is CC(N)C1CCN(C(=O)C2CC2c2ccc3ccccc3c2)CC1. The van der Waals surface area contributed by atoms with Crippen LogP contribution in [0.3, 0.4) is 0 Å². The van der Waals surface area contributed by atoms with Gasteiger partial charge in [-0.3, -0.25) is 4.79 Å². The zero-order valence-corrected chi connectivity index (χ0v) is 14.3. The van der Waals surface area contributed by atoms with Gasteiger partial charge in [-0.05, 0) is 54.4 Å². The minimum absolute atomic E-state index is 0.193. The maximum atomic E-state index is 12.8. The summed E-state index contributed by atoms with van der Waals surface area (Å²) in [7, 11) is 0. The summed E-state index contributed by atoms with van der Waals surface area (Å²) in [5, 5.41) is 2.54. The van der Waals surface area contributed by atoms with E-state index in [0.29, 0.717) is 17.7 Å². The molecule has 1 heterocycles. The van der Waals surface area contributed by atoms with E-state index in [-0.39, 0.29) is 12.0 Å². The molecule has 0 aromatic heterocycles. The molecule has 2 aliphatic rings. The van der Waals surface area contributed by atoms with Crippen LogP contribution in [0.2, 0.25) is 0 Å². The molecule has 2 N–H and O–H groups in total. The maximum Gasteiger partial charge on any atom is 0.226 e. The highest BCUT2D eigenvalue weighted by Gasteiger charge is 2.46. The average molecular weight is 322 g/mol. The third-order valence-corrected chi connectivity index (χ3v) is 5.90. The Morgan fingerprint density at radius 3 is 2.54 bits per heavy atom. The highest BCUT2D eigenvalue weighted by Crippen LogP contribution is 2.49. The van der Waals surface area contributed by atoms with Gasteiger partial charge in [-0.2, -0.15) is 0 Å². The number of piperidine rings is 1. The van der Waals surface area contributed by atoms with E-state index in [1.165, 1.54) is 16.3 Å². The molecule has 2 aromatic carbocycles. The molecule has 1 saturated heterocycles. The number of hydrogen-bond acceptors (Lipinski definition) is 2. The van der Waals surface area contributed by atoms with Crippen LogP contribution in [0.4, 0.5) is 0 Å². The largest absolute Gasteiger partial charge is 0.342 e. The van der Waals surface area contributed by atoms with Crippen molar-refractivity contribution in [2.45, 2.75) is 38.1 Å². The van der Waals surface area contributed by atoms with Crippen LogP contribution in [0.15, 0.2) is 42.5 Å². The number of carbonyl (C=O) groups excluding carboxylic acids is 1. The summed E-state index contributed by atoms with van der Waals surface area (Å²) in [6, 6.07) is 15.3. The zero-order valence-electron chi connectivity index (χ0n) is 14.3. The molecule has 1 saturated carbocycles. The number of hydrogen-bond donors (Lipinski definition) is 1. The number of amides is 1. The predicted octanol–water partition coefficient (Wildman–Crippen LogP) is 3.53. The number of benzene rings is 2. The standard InChI is InChI=1S/C21H26N2O/c1-14(22)15-8-10-23(11-9-15)21(24)20-13-19(20)18-7-6-16-4-2-3-5-17(16)12-18/h2-7,12,14-15,19-20H,8-11,13,22H2,1H3. The van der Waals surface area contributed by atoms with E-state index in [9.17, 15) is 4.79 Å². The van der Waals surface area contributed by atoms with Gasteiger partial charge in [0, 0.05) is 25.0 Å². The van der Waals surface area contributed by atoms with Crippen molar-refractivity contribution >= 4 is 16.7 Å². The molecule has 126 valence electrons. The number of likely N-dealkylation sites (tertiary alicyclic amines) is 1. The Balaban J connectivity index is 1.41. The Labute approximate surface area is 143 Å². The first-order valence-electron chi connectivity index (χ1n) is 9.16. The van der Waals surface area contributed by atoms with E-state index in [0.717, 1.165) is 32.4 Å². The van der Waals surface area contributed by atoms with Crippen molar-refractivity contribution in [1.29, 1.82) is 0 Å². The van der Waals surface area contributed by atoms with E-state index in [2.05, 4.69) is 54.3 Å². The zero-order chi connectivity index (χ0) is 16.7. The van der Waals surface area contributed by atoms with Crippen LogP contribution in [0.1, 0.15) is 37.7 Å². The molecule has 3 atom stereocenters. The molecule has 2 aromatic rings. The van der Waals surface area contributed by atoms with Gasteiger partial charge in [-0.25, -0.2) is 0 Å². The summed E-state index contributed by atoms with van der Waals surface area (Å²) in [4.78, 5) is 14.9. The lowest BCUT2D eigenvalue weighted by Crippen LogP contribution is -2.43. The fourth-order valence-electron chi connectivity index (χ4n) is 4.15. The summed E-state index contributed by atoms with van der Waals surface area (Å²) in [6.45, 7) is 3.84. The second-order valence-corrected chi connectivity index (χ2v) is 7.58. The van der Waals surface area contributed by atoms with Crippen LogP contribution in [0, 0.1) is 11.8 Å². The summed E-state index contributed by atoms with van der Waals surface area (Å²) >= 11 is 0. The number of rotatable bonds is 3. The molecule has 24 heavy (non-hydrogen) atoms. The molecular formula is C21H26N2O. The molecule has 0 spiro atoms. The normalized spacial score (nSPS) is 25.7. The molecule has 3 unspecified atom stereocenters. The molecule has 0 bridgehead atoms. The lowest BCUT2D eigenvalue weighted by molar-refractivity contribution is -0.134. The first-order chi connectivity index (χ1) is 11.6. The second kappa shape index (κ2) is 6.21. The topological polar surface area (TPSA) is 46.3 Å². The van der Waals surface area contributed by atoms with E-state index >= 15 is 0 Å². The van der Waals surface area contributed by atoms with Gasteiger partial charge >= 0.3 is 0 Å². The Morgan fingerprint density at radius 1 is 1.12 bits per heavy atom. The molecule has 1 aliphatic heterocycles. The van der Waals surface area contributed by atoms with Crippen LogP contribution in [-0.4, -0.2) is 29.9 Å². The van der Waals surface area contributed by atoms with E-state index in [1.807, 2.05) is 0 Å². The highest BCUT2D eigenvalue weighted by molar-refractivity contribution is 5.86. The lowest BCUT2D eigenvalue weighted by Gasteiger charge is -2.34. The number of fused-ring (bicyclic) bond motifs is 1. The molecule has 4 rings (SSSR count). The van der Waals surface area contributed by atoms with Crippen LogP contribution in [-0.2, 0) is 4.79 Å². The minimum atomic E-state index is 0.193. The third-order valence-electron chi connectivity index (χ3n) is 5.90. The molecule has 3 heteroatoms. The van der Waals surface area contributed by atoms with Gasteiger partial charge in [0.1, 0.15) is 0 Å². The van der Waals surface area contributed by atoms with Gasteiger partial charge in [0.2, 0.25) is 5.91 Å². The fourth-order valence-corrected chi connectivity index (χ4v) is 4.15. The number of nitrogens with zero attached hydrogens (tertiary/aromatic N) is 1. The van der Waals surface area contributed by atoms with E-state index in [1.54, 1.807) is 0 Å². The van der Waals surface area contributed by atoms with Crippen LogP contribution < -0.4 is 5.73 Å². The first-order valence-corrected chi connectivity index (χ1v) is 9.16. The van der Waals surface area contributed by atoms with Gasteiger partial charge in [0.15, 0.2) is 0 Å². The van der Waals surface area contributed by atoms with Gasteiger partial charge in [-0.1, -0.05) is 42.5 Å². The summed E-state index contributed by atoms with van der Waals surface area (Å²) in [5.41, 5.74) is 7.32. The molecule has 3 nitrogen and oxygen atoms in total. The van der Waals surface area contributed by atoms with Gasteiger partial charge < -0.3 is 10.6 Å². The summed E-state index contributed by atoms with van der Waals surface area (Å²) in [5.74, 6) is 1.53. The Morgan fingerprint density at radius 2 is 1.83 bits per heavy atom.